The molecule has 86 valence electrons. The van der Waals surface area contributed by atoms with Crippen LogP contribution >= 0.6 is 0 Å². The molecule has 0 aliphatic carbocycles. The van der Waals surface area contributed by atoms with E-state index in [1.807, 2.05) is 0 Å². The predicted molar refractivity (Wildman–Crippen MR) is 64.8 cm³/mol. The van der Waals surface area contributed by atoms with Gasteiger partial charge in [0, 0.05) is 29.9 Å². The molecule has 0 N–H and O–H groups in total. The summed E-state index contributed by atoms with van der Waals surface area (Å²) < 4.78 is 0. The van der Waals surface area contributed by atoms with Gasteiger partial charge in [-0.1, -0.05) is 0 Å². The van der Waals surface area contributed by atoms with E-state index in [4.69, 9.17) is 0 Å². The molecule has 0 spiro atoms. The van der Waals surface area contributed by atoms with Gasteiger partial charge in [-0.05, 0) is 47.6 Å². The summed E-state index contributed by atoms with van der Waals surface area (Å²) in [6, 6.07) is 0.646. The summed E-state index contributed by atoms with van der Waals surface area (Å²) in [6.45, 7) is 16.1. The molecule has 1 unspecified atom stereocenters. The summed E-state index contributed by atoms with van der Waals surface area (Å²) in [5.41, 5.74) is 2.12. The fourth-order valence-electron chi connectivity index (χ4n) is 2.70. The van der Waals surface area contributed by atoms with E-state index in [0.29, 0.717) is 17.1 Å². The van der Waals surface area contributed by atoms with Gasteiger partial charge in [-0.2, -0.15) is 0 Å². The fraction of sp³-hybridized carbons (Fsp3) is 0.846. The van der Waals surface area contributed by atoms with E-state index < -0.39 is 0 Å². The third-order valence-electron chi connectivity index (χ3n) is 3.46. The molecule has 3 aliphatic heterocycles. The van der Waals surface area contributed by atoms with Crippen LogP contribution in [0.4, 0.5) is 0 Å². The molecule has 1 fully saturated rings. The van der Waals surface area contributed by atoms with Gasteiger partial charge in [0.2, 0.25) is 0 Å². The highest BCUT2D eigenvalue weighted by molar-refractivity contribution is 5.28. The van der Waals surface area contributed by atoms with Crippen molar-refractivity contribution in [2.24, 2.45) is 0 Å². The summed E-state index contributed by atoms with van der Waals surface area (Å²) >= 11 is 0. The first-order chi connectivity index (χ1) is 6.69. The molecule has 2 nitrogen and oxygen atoms in total. The van der Waals surface area contributed by atoms with Gasteiger partial charge in [0.15, 0.2) is 0 Å². The second-order valence-corrected chi connectivity index (χ2v) is 6.82. The van der Waals surface area contributed by atoms with E-state index in [1.54, 1.807) is 0 Å². The maximum absolute atomic E-state index is 2.58. The zero-order valence-electron chi connectivity index (χ0n) is 11.0. The molecule has 3 aliphatic rings. The summed E-state index contributed by atoms with van der Waals surface area (Å²) in [5, 5.41) is 0. The molecule has 0 amide bonds. The Morgan fingerprint density at radius 2 is 1.67 bits per heavy atom. The molecule has 0 saturated carbocycles. The Balaban J connectivity index is 2.08. The average molecular weight is 208 g/mol. The van der Waals surface area contributed by atoms with Gasteiger partial charge in [-0.15, -0.1) is 0 Å². The third-order valence-corrected chi connectivity index (χ3v) is 3.46. The first-order valence-electron chi connectivity index (χ1n) is 5.95. The standard InChI is InChI=1S/C13H24N2/c1-12(2,3)14-8-10-7-11(9-14)15(10)13(4,5)6/h7,10H,8-9H2,1-6H3. The molecule has 0 aromatic heterocycles. The van der Waals surface area contributed by atoms with Crippen molar-refractivity contribution in [3.05, 3.63) is 11.8 Å². The van der Waals surface area contributed by atoms with E-state index in [2.05, 4.69) is 57.4 Å². The molecule has 1 saturated heterocycles. The van der Waals surface area contributed by atoms with Crippen LogP contribution in [0.25, 0.3) is 0 Å². The van der Waals surface area contributed by atoms with Crippen LogP contribution in [0, 0.1) is 0 Å². The Hall–Kier alpha value is -0.500. The highest BCUT2D eigenvalue weighted by Crippen LogP contribution is 2.38. The number of piperazine rings is 1. The van der Waals surface area contributed by atoms with Gasteiger partial charge in [0.25, 0.3) is 0 Å². The van der Waals surface area contributed by atoms with Crippen molar-refractivity contribution < 1.29 is 0 Å². The van der Waals surface area contributed by atoms with Gasteiger partial charge in [-0.25, -0.2) is 0 Å². The van der Waals surface area contributed by atoms with Crippen molar-refractivity contribution in [2.75, 3.05) is 13.1 Å². The minimum absolute atomic E-state index is 0.290. The first kappa shape index (κ1) is 11.0. The minimum Gasteiger partial charge on any atom is -0.361 e. The van der Waals surface area contributed by atoms with Gasteiger partial charge in [0.1, 0.15) is 0 Å². The SMILES string of the molecule is CC(C)(C)N1CC2=CC(C1)N2C(C)(C)C. The number of rotatable bonds is 0. The number of fused-ring (bicyclic) bond motifs is 2. The Labute approximate surface area is 93.9 Å². The summed E-state index contributed by atoms with van der Waals surface area (Å²) in [4.78, 5) is 5.16. The molecular formula is C13H24N2. The van der Waals surface area contributed by atoms with E-state index in [9.17, 15) is 0 Å². The lowest BCUT2D eigenvalue weighted by Crippen LogP contribution is -2.65. The Bertz CT molecular complexity index is 291. The van der Waals surface area contributed by atoms with Crippen LogP contribution in [0.15, 0.2) is 11.8 Å². The lowest BCUT2D eigenvalue weighted by Gasteiger charge is -2.58. The molecule has 0 radical (unpaired) electrons. The Morgan fingerprint density at radius 3 is 2.00 bits per heavy atom. The summed E-state index contributed by atoms with van der Waals surface area (Å²) in [5.74, 6) is 0. The van der Waals surface area contributed by atoms with E-state index in [-0.39, 0.29) is 0 Å². The van der Waals surface area contributed by atoms with Crippen molar-refractivity contribution >= 4 is 0 Å². The normalized spacial score (nSPS) is 27.5. The van der Waals surface area contributed by atoms with Crippen molar-refractivity contribution in [2.45, 2.75) is 58.7 Å². The van der Waals surface area contributed by atoms with E-state index in [1.165, 1.54) is 12.2 Å². The summed E-state index contributed by atoms with van der Waals surface area (Å²) in [6.07, 6.45) is 2.44. The minimum atomic E-state index is 0.290. The zero-order chi connectivity index (χ0) is 11.4. The molecule has 0 aromatic rings. The van der Waals surface area contributed by atoms with Gasteiger partial charge < -0.3 is 4.90 Å². The molecular weight excluding hydrogens is 184 g/mol. The average Bonchev–Trinajstić information content (AvgIpc) is 1.99. The lowest BCUT2D eigenvalue weighted by molar-refractivity contribution is 0.00250. The summed E-state index contributed by atoms with van der Waals surface area (Å²) in [7, 11) is 0. The quantitative estimate of drug-likeness (QED) is 0.603. The van der Waals surface area contributed by atoms with E-state index >= 15 is 0 Å². The maximum Gasteiger partial charge on any atom is 0.0623 e. The Morgan fingerprint density at radius 1 is 1.07 bits per heavy atom. The predicted octanol–water partition coefficient (Wildman–Crippen LogP) is 2.47. The van der Waals surface area contributed by atoms with Gasteiger partial charge >= 0.3 is 0 Å². The van der Waals surface area contributed by atoms with Gasteiger partial charge in [-0.3, -0.25) is 4.90 Å². The van der Waals surface area contributed by atoms with Crippen molar-refractivity contribution in [3.63, 3.8) is 0 Å². The smallest absolute Gasteiger partial charge is 0.0623 e. The van der Waals surface area contributed by atoms with Crippen molar-refractivity contribution in [3.8, 4) is 0 Å². The molecule has 2 bridgehead atoms. The van der Waals surface area contributed by atoms with Crippen LogP contribution in [0.3, 0.4) is 0 Å². The second-order valence-electron chi connectivity index (χ2n) is 6.82. The molecule has 3 rings (SSSR count). The van der Waals surface area contributed by atoms with Crippen LogP contribution in [0.5, 0.6) is 0 Å². The number of hydrogen-bond acceptors (Lipinski definition) is 2. The second kappa shape index (κ2) is 3.00. The van der Waals surface area contributed by atoms with Crippen LogP contribution in [0.1, 0.15) is 41.5 Å². The lowest BCUT2D eigenvalue weighted by atomic mass is 9.88. The van der Waals surface area contributed by atoms with Gasteiger partial charge in [0.05, 0.1) is 6.04 Å². The third kappa shape index (κ3) is 1.80. The molecule has 3 heterocycles. The van der Waals surface area contributed by atoms with Crippen LogP contribution in [-0.4, -0.2) is 40.0 Å². The van der Waals surface area contributed by atoms with E-state index in [0.717, 1.165) is 6.54 Å². The van der Waals surface area contributed by atoms with Crippen molar-refractivity contribution in [1.82, 2.24) is 9.80 Å². The molecule has 2 heteroatoms. The first-order valence-corrected chi connectivity index (χ1v) is 5.95. The Kier molecular flexibility index (Phi) is 2.20. The highest BCUT2D eigenvalue weighted by atomic mass is 15.4. The van der Waals surface area contributed by atoms with Crippen LogP contribution < -0.4 is 0 Å². The largest absolute Gasteiger partial charge is 0.361 e. The molecule has 15 heavy (non-hydrogen) atoms. The monoisotopic (exact) mass is 208 g/mol. The molecule has 0 aromatic carbocycles. The van der Waals surface area contributed by atoms with Crippen LogP contribution in [-0.2, 0) is 0 Å². The fourth-order valence-corrected chi connectivity index (χ4v) is 2.70. The van der Waals surface area contributed by atoms with Crippen molar-refractivity contribution in [1.29, 1.82) is 0 Å². The number of hydrogen-bond donors (Lipinski definition) is 0. The maximum atomic E-state index is 2.58. The molecule has 1 atom stereocenters. The van der Waals surface area contributed by atoms with Crippen LogP contribution in [0.2, 0.25) is 0 Å². The highest BCUT2D eigenvalue weighted by Gasteiger charge is 2.43. The topological polar surface area (TPSA) is 6.48 Å². The number of nitrogens with zero attached hydrogens (tertiary/aromatic N) is 2. The zero-order valence-corrected chi connectivity index (χ0v) is 11.0.